The molecule has 0 aliphatic carbocycles. The zero-order valence-corrected chi connectivity index (χ0v) is 14.9. The van der Waals surface area contributed by atoms with Gasteiger partial charge < -0.3 is 16.0 Å². The van der Waals surface area contributed by atoms with Crippen LogP contribution in [0.4, 0.5) is 5.69 Å². The van der Waals surface area contributed by atoms with Gasteiger partial charge in [-0.2, -0.15) is 0 Å². The van der Waals surface area contributed by atoms with Crippen LogP contribution >= 0.6 is 0 Å². The molecule has 7 nitrogen and oxygen atoms in total. The van der Waals surface area contributed by atoms with Gasteiger partial charge in [-0.15, -0.1) is 0 Å². The summed E-state index contributed by atoms with van der Waals surface area (Å²) in [4.78, 5) is 37.8. The van der Waals surface area contributed by atoms with E-state index < -0.39 is 6.04 Å². The number of nitrogens with zero attached hydrogens (tertiary/aromatic N) is 1. The van der Waals surface area contributed by atoms with Gasteiger partial charge in [-0.1, -0.05) is 18.9 Å². The van der Waals surface area contributed by atoms with Gasteiger partial charge in [0.05, 0.1) is 0 Å². The number of hydrogen-bond acceptors (Lipinski definition) is 5. The van der Waals surface area contributed by atoms with Gasteiger partial charge in [-0.25, -0.2) is 0 Å². The molecule has 0 aromatic heterocycles. The van der Waals surface area contributed by atoms with Crippen LogP contribution in [-0.2, 0) is 16.1 Å². The van der Waals surface area contributed by atoms with Crippen molar-refractivity contribution in [1.29, 1.82) is 0 Å². The Balaban J connectivity index is 1.64. The predicted octanol–water partition coefficient (Wildman–Crippen LogP) is 1.38. The number of hydrogen-bond donors (Lipinski definition) is 3. The van der Waals surface area contributed by atoms with Gasteiger partial charge >= 0.3 is 0 Å². The molecule has 1 fully saturated rings. The van der Waals surface area contributed by atoms with E-state index in [0.29, 0.717) is 18.5 Å². The fraction of sp³-hybridized carbons (Fsp3) is 0.526. The Kier molecular flexibility index (Phi) is 5.88. The third-order valence-electron chi connectivity index (χ3n) is 5.03. The smallest absolute Gasteiger partial charge is 0.255 e. The predicted molar refractivity (Wildman–Crippen MR) is 98.5 cm³/mol. The molecular weight excluding hydrogens is 332 g/mol. The van der Waals surface area contributed by atoms with Crippen molar-refractivity contribution in [2.24, 2.45) is 5.73 Å². The van der Waals surface area contributed by atoms with Crippen molar-refractivity contribution in [3.63, 3.8) is 0 Å². The van der Waals surface area contributed by atoms with E-state index in [9.17, 15) is 14.4 Å². The lowest BCUT2D eigenvalue weighted by atomic mass is 10.0. The van der Waals surface area contributed by atoms with Gasteiger partial charge in [-0.05, 0) is 37.9 Å². The van der Waals surface area contributed by atoms with Crippen molar-refractivity contribution in [3.8, 4) is 0 Å². The van der Waals surface area contributed by atoms with Crippen LogP contribution in [0, 0.1) is 0 Å². The van der Waals surface area contributed by atoms with Crippen LogP contribution in [-0.4, -0.2) is 41.8 Å². The quantitative estimate of drug-likeness (QED) is 0.481. The Bertz CT molecular complexity index is 704. The first-order valence-corrected chi connectivity index (χ1v) is 9.32. The van der Waals surface area contributed by atoms with Crippen LogP contribution in [0.15, 0.2) is 18.2 Å². The second kappa shape index (κ2) is 8.31. The molecule has 2 aliphatic heterocycles. The molecule has 0 radical (unpaired) electrons. The molecular formula is C19H26N4O3. The number of carbonyl (C=O) groups excluding carboxylic acids is 3. The minimum atomic E-state index is -0.572. The normalized spacial score (nSPS) is 19.5. The van der Waals surface area contributed by atoms with E-state index >= 15 is 0 Å². The first-order chi connectivity index (χ1) is 12.6. The molecule has 3 amide bonds. The van der Waals surface area contributed by atoms with E-state index in [1.807, 2.05) is 12.1 Å². The van der Waals surface area contributed by atoms with Crippen LogP contribution in [0.25, 0.3) is 0 Å². The Labute approximate surface area is 153 Å². The molecule has 0 saturated carbocycles. The van der Waals surface area contributed by atoms with Gasteiger partial charge in [0, 0.05) is 36.3 Å². The molecule has 140 valence electrons. The summed E-state index contributed by atoms with van der Waals surface area (Å²) >= 11 is 0. The third-order valence-corrected chi connectivity index (χ3v) is 5.03. The summed E-state index contributed by atoms with van der Waals surface area (Å²) in [6.07, 6.45) is 5.01. The van der Waals surface area contributed by atoms with Gasteiger partial charge in [0.1, 0.15) is 6.04 Å². The number of anilines is 1. The second-order valence-corrected chi connectivity index (χ2v) is 6.86. The van der Waals surface area contributed by atoms with Crippen molar-refractivity contribution in [1.82, 2.24) is 10.2 Å². The van der Waals surface area contributed by atoms with Crippen molar-refractivity contribution >= 4 is 23.4 Å². The Morgan fingerprint density at radius 3 is 2.73 bits per heavy atom. The number of nitrogens with one attached hydrogen (secondary N) is 2. The lowest BCUT2D eigenvalue weighted by Gasteiger charge is -2.29. The molecule has 1 atom stereocenters. The zero-order valence-electron chi connectivity index (χ0n) is 14.9. The van der Waals surface area contributed by atoms with Crippen LogP contribution in [0.5, 0.6) is 0 Å². The lowest BCUT2D eigenvalue weighted by molar-refractivity contribution is -0.136. The van der Waals surface area contributed by atoms with Crippen LogP contribution < -0.4 is 16.4 Å². The summed E-state index contributed by atoms with van der Waals surface area (Å²) < 4.78 is 0. The monoisotopic (exact) mass is 358 g/mol. The number of unbranched alkanes of at least 4 members (excludes halogenated alkanes) is 3. The molecule has 1 aromatic carbocycles. The molecule has 0 bridgehead atoms. The zero-order chi connectivity index (χ0) is 18.5. The van der Waals surface area contributed by atoms with E-state index in [0.717, 1.165) is 50.0 Å². The minimum absolute atomic E-state index is 0.138. The first-order valence-electron chi connectivity index (χ1n) is 9.32. The average molecular weight is 358 g/mol. The van der Waals surface area contributed by atoms with Crippen molar-refractivity contribution in [2.45, 2.75) is 51.1 Å². The molecule has 1 unspecified atom stereocenters. The molecule has 1 aromatic rings. The average Bonchev–Trinajstić information content (AvgIpc) is 2.96. The highest BCUT2D eigenvalue weighted by atomic mass is 16.2. The van der Waals surface area contributed by atoms with Gasteiger partial charge in [0.2, 0.25) is 11.8 Å². The van der Waals surface area contributed by atoms with E-state index in [-0.39, 0.29) is 24.1 Å². The molecule has 4 N–H and O–H groups in total. The highest BCUT2D eigenvalue weighted by Crippen LogP contribution is 2.32. The van der Waals surface area contributed by atoms with Crippen LogP contribution in [0.1, 0.15) is 54.4 Å². The summed E-state index contributed by atoms with van der Waals surface area (Å²) in [5.41, 5.74) is 8.03. The Morgan fingerprint density at radius 2 is 1.96 bits per heavy atom. The third kappa shape index (κ3) is 3.88. The number of amides is 3. The van der Waals surface area contributed by atoms with Crippen LogP contribution in [0.3, 0.4) is 0 Å². The number of carbonyl (C=O) groups is 3. The molecule has 2 heterocycles. The maximum Gasteiger partial charge on any atom is 0.255 e. The highest BCUT2D eigenvalue weighted by Gasteiger charge is 2.39. The van der Waals surface area contributed by atoms with Crippen molar-refractivity contribution in [2.75, 3.05) is 18.4 Å². The number of piperidine rings is 1. The molecule has 2 aliphatic rings. The van der Waals surface area contributed by atoms with E-state index in [1.165, 1.54) is 0 Å². The number of benzene rings is 1. The largest absolute Gasteiger partial charge is 0.385 e. The maximum atomic E-state index is 12.7. The number of nitrogens with two attached hydrogens (primary N) is 1. The molecule has 26 heavy (non-hydrogen) atoms. The Morgan fingerprint density at radius 1 is 1.15 bits per heavy atom. The molecule has 7 heteroatoms. The SMILES string of the molecule is NCCCCCCNc1cccc2c1CN(C1CCC(=O)NC1=O)C2=O. The fourth-order valence-corrected chi connectivity index (χ4v) is 3.60. The molecule has 0 spiro atoms. The number of rotatable bonds is 8. The minimum Gasteiger partial charge on any atom is -0.385 e. The van der Waals surface area contributed by atoms with Gasteiger partial charge in [0.25, 0.3) is 5.91 Å². The van der Waals surface area contributed by atoms with Crippen molar-refractivity contribution < 1.29 is 14.4 Å². The first kappa shape index (κ1) is 18.4. The summed E-state index contributed by atoms with van der Waals surface area (Å²) in [7, 11) is 0. The number of imide groups is 1. The standard InChI is InChI=1S/C19H26N4O3/c20-10-3-1-2-4-11-21-15-7-5-6-13-14(15)12-23(19(13)26)16-8-9-17(24)22-18(16)25/h5-7,16,21H,1-4,8-12,20H2,(H,22,24,25). The van der Waals surface area contributed by atoms with Crippen LogP contribution in [0.2, 0.25) is 0 Å². The molecule has 1 saturated heterocycles. The topological polar surface area (TPSA) is 105 Å². The van der Waals surface area contributed by atoms with E-state index in [4.69, 9.17) is 5.73 Å². The summed E-state index contributed by atoms with van der Waals surface area (Å²) in [5.74, 6) is -0.787. The van der Waals surface area contributed by atoms with Gasteiger partial charge in [-0.3, -0.25) is 19.7 Å². The lowest BCUT2D eigenvalue weighted by Crippen LogP contribution is -2.52. The summed E-state index contributed by atoms with van der Waals surface area (Å²) in [6.45, 7) is 1.97. The van der Waals surface area contributed by atoms with E-state index in [1.54, 1.807) is 11.0 Å². The summed E-state index contributed by atoms with van der Waals surface area (Å²) in [5, 5.41) is 5.75. The highest BCUT2D eigenvalue weighted by molar-refractivity contribution is 6.06. The van der Waals surface area contributed by atoms with E-state index in [2.05, 4.69) is 10.6 Å². The van der Waals surface area contributed by atoms with Crippen molar-refractivity contribution in [3.05, 3.63) is 29.3 Å². The second-order valence-electron chi connectivity index (χ2n) is 6.86. The molecule has 3 rings (SSSR count). The summed E-state index contributed by atoms with van der Waals surface area (Å²) in [6, 6.07) is 5.06. The fourth-order valence-electron chi connectivity index (χ4n) is 3.60. The number of fused-ring (bicyclic) bond motifs is 1. The Hall–Kier alpha value is -2.41. The maximum absolute atomic E-state index is 12.7. The van der Waals surface area contributed by atoms with Gasteiger partial charge in [0.15, 0.2) is 0 Å².